The fourth-order valence-electron chi connectivity index (χ4n) is 1.75. The molecule has 0 unspecified atom stereocenters. The van der Waals surface area contributed by atoms with Crippen molar-refractivity contribution in [1.29, 1.82) is 0 Å². The molecule has 0 saturated heterocycles. The molecule has 1 heterocycles. The Hall–Kier alpha value is -1.59. The summed E-state index contributed by atoms with van der Waals surface area (Å²) >= 11 is 6.23. The lowest BCUT2D eigenvalue weighted by atomic mass is 10.1. The number of benzene rings is 1. The van der Waals surface area contributed by atoms with E-state index in [-0.39, 0.29) is 12.1 Å². The highest BCUT2D eigenvalue weighted by Crippen LogP contribution is 2.29. The summed E-state index contributed by atoms with van der Waals surface area (Å²) in [5.74, 6) is 1.67. The second-order valence-corrected chi connectivity index (χ2v) is 6.26. The van der Waals surface area contributed by atoms with Gasteiger partial charge in [-0.15, -0.1) is 0 Å². The largest absolute Gasteiger partial charge is 0.484 e. The van der Waals surface area contributed by atoms with Crippen LogP contribution in [0.4, 0.5) is 0 Å². The number of halogens is 1. The molecule has 0 radical (unpaired) electrons. The molecule has 21 heavy (non-hydrogen) atoms. The third-order valence-corrected chi connectivity index (χ3v) is 3.07. The number of hydrogen-bond donors (Lipinski definition) is 1. The van der Waals surface area contributed by atoms with Crippen LogP contribution in [0.3, 0.4) is 0 Å². The lowest BCUT2D eigenvalue weighted by molar-refractivity contribution is 0.281. The summed E-state index contributed by atoms with van der Waals surface area (Å²) in [6.45, 7) is 8.97. The van der Waals surface area contributed by atoms with Gasteiger partial charge < -0.3 is 14.6 Å². The molecule has 1 N–H and O–H groups in total. The summed E-state index contributed by atoms with van der Waals surface area (Å²) in [7, 11) is 0. The van der Waals surface area contributed by atoms with Crippen LogP contribution >= 0.6 is 11.6 Å². The lowest BCUT2D eigenvalue weighted by Gasteiger charge is -2.22. The maximum Gasteiger partial charge on any atom is 0.223 e. The quantitative estimate of drug-likeness (QED) is 0.916. The molecule has 0 fully saturated rings. The molecule has 114 valence electrons. The highest BCUT2D eigenvalue weighted by Gasteiger charge is 2.14. The van der Waals surface area contributed by atoms with Crippen LogP contribution in [0.15, 0.2) is 22.7 Å². The van der Waals surface area contributed by atoms with Gasteiger partial charge in [-0.2, -0.15) is 4.98 Å². The summed E-state index contributed by atoms with van der Waals surface area (Å²) in [5.41, 5.74) is 1.02. The number of aromatic nitrogens is 2. The Morgan fingerprint density at radius 1 is 1.33 bits per heavy atom. The Kier molecular flexibility index (Phi) is 4.85. The van der Waals surface area contributed by atoms with Crippen LogP contribution < -0.4 is 10.1 Å². The third-order valence-electron chi connectivity index (χ3n) is 2.77. The summed E-state index contributed by atoms with van der Waals surface area (Å²) < 4.78 is 10.7. The Morgan fingerprint density at radius 2 is 2.10 bits per heavy atom. The number of nitrogens with zero attached hydrogens (tertiary/aromatic N) is 2. The van der Waals surface area contributed by atoms with Crippen LogP contribution in [0.25, 0.3) is 0 Å². The van der Waals surface area contributed by atoms with Crippen LogP contribution in [-0.4, -0.2) is 15.7 Å². The summed E-state index contributed by atoms with van der Waals surface area (Å²) in [6, 6.07) is 5.70. The molecule has 2 rings (SSSR count). The molecule has 5 nitrogen and oxygen atoms in total. The topological polar surface area (TPSA) is 60.2 Å². The van der Waals surface area contributed by atoms with Gasteiger partial charge in [0.1, 0.15) is 5.75 Å². The second kappa shape index (κ2) is 6.45. The van der Waals surface area contributed by atoms with Gasteiger partial charge in [0.05, 0.1) is 5.02 Å². The SMILES string of the molecule is Cc1nc(COc2c(Cl)cccc2CNC(C)(C)C)no1. The third kappa shape index (κ3) is 4.72. The molecule has 0 aliphatic carbocycles. The van der Waals surface area contributed by atoms with Crippen molar-refractivity contribution >= 4 is 11.6 Å². The fraction of sp³-hybridized carbons (Fsp3) is 0.467. The molecule has 0 aliphatic rings. The van der Waals surface area contributed by atoms with E-state index in [2.05, 4.69) is 36.2 Å². The fourth-order valence-corrected chi connectivity index (χ4v) is 2.00. The lowest BCUT2D eigenvalue weighted by Crippen LogP contribution is -2.35. The van der Waals surface area contributed by atoms with Gasteiger partial charge in [0, 0.05) is 24.6 Å². The molecule has 6 heteroatoms. The van der Waals surface area contributed by atoms with Gasteiger partial charge in [0.25, 0.3) is 0 Å². The van der Waals surface area contributed by atoms with Crippen molar-refractivity contribution in [2.75, 3.05) is 0 Å². The molecule has 1 aromatic heterocycles. The van der Waals surface area contributed by atoms with Crippen molar-refractivity contribution in [2.24, 2.45) is 0 Å². The highest BCUT2D eigenvalue weighted by atomic mass is 35.5. The van der Waals surface area contributed by atoms with Crippen molar-refractivity contribution in [1.82, 2.24) is 15.5 Å². The van der Waals surface area contributed by atoms with E-state index >= 15 is 0 Å². The molecular formula is C15H20ClN3O2. The zero-order valence-corrected chi connectivity index (χ0v) is 13.5. The predicted octanol–water partition coefficient (Wildman–Crippen LogP) is 3.50. The minimum atomic E-state index is 0.0182. The zero-order chi connectivity index (χ0) is 15.5. The molecule has 2 aromatic rings. The van der Waals surface area contributed by atoms with Gasteiger partial charge in [-0.25, -0.2) is 0 Å². The van der Waals surface area contributed by atoms with E-state index in [1.807, 2.05) is 12.1 Å². The summed E-state index contributed by atoms with van der Waals surface area (Å²) in [6.07, 6.45) is 0. The van der Waals surface area contributed by atoms with Gasteiger partial charge in [-0.1, -0.05) is 28.9 Å². The molecule has 0 aliphatic heterocycles. The number of hydrogen-bond acceptors (Lipinski definition) is 5. The van der Waals surface area contributed by atoms with Crippen molar-refractivity contribution in [3.63, 3.8) is 0 Å². The number of rotatable bonds is 5. The minimum Gasteiger partial charge on any atom is -0.484 e. The molecule has 0 saturated carbocycles. The van der Waals surface area contributed by atoms with E-state index in [0.717, 1.165) is 5.56 Å². The van der Waals surface area contributed by atoms with Gasteiger partial charge in [0.15, 0.2) is 6.61 Å². The average Bonchev–Trinajstić information content (AvgIpc) is 2.80. The maximum atomic E-state index is 6.23. The first kappa shape index (κ1) is 15.8. The van der Waals surface area contributed by atoms with Gasteiger partial charge >= 0.3 is 0 Å². The summed E-state index contributed by atoms with van der Waals surface area (Å²) in [5, 5.41) is 7.80. The number of ether oxygens (including phenoxy) is 1. The standard InChI is InChI=1S/C15H20ClN3O2/c1-10-18-13(19-21-10)9-20-14-11(6-5-7-12(14)16)8-17-15(2,3)4/h5-7,17H,8-9H2,1-4H3. The van der Waals surface area contributed by atoms with E-state index in [1.54, 1.807) is 13.0 Å². The van der Waals surface area contributed by atoms with E-state index < -0.39 is 0 Å². The molecule has 0 bridgehead atoms. The van der Waals surface area contributed by atoms with E-state index in [4.69, 9.17) is 20.9 Å². The van der Waals surface area contributed by atoms with Crippen LogP contribution in [0, 0.1) is 6.92 Å². The van der Waals surface area contributed by atoms with Crippen molar-refractivity contribution in [3.8, 4) is 5.75 Å². The van der Waals surface area contributed by atoms with Crippen molar-refractivity contribution in [2.45, 2.75) is 46.4 Å². The Bertz CT molecular complexity index is 605. The van der Waals surface area contributed by atoms with E-state index in [1.165, 1.54) is 0 Å². The van der Waals surface area contributed by atoms with Gasteiger partial charge in [-0.05, 0) is 26.8 Å². The minimum absolute atomic E-state index is 0.0182. The van der Waals surface area contributed by atoms with Gasteiger partial charge in [0.2, 0.25) is 11.7 Å². The first-order valence-electron chi connectivity index (χ1n) is 6.79. The van der Waals surface area contributed by atoms with Crippen LogP contribution in [0.5, 0.6) is 5.75 Å². The zero-order valence-electron chi connectivity index (χ0n) is 12.7. The first-order chi connectivity index (χ1) is 9.85. The monoisotopic (exact) mass is 309 g/mol. The first-order valence-corrected chi connectivity index (χ1v) is 7.17. The Labute approximate surface area is 129 Å². The smallest absolute Gasteiger partial charge is 0.223 e. The Balaban J connectivity index is 2.10. The van der Waals surface area contributed by atoms with Crippen LogP contribution in [0.1, 0.15) is 38.0 Å². The average molecular weight is 310 g/mol. The van der Waals surface area contributed by atoms with E-state index in [0.29, 0.717) is 29.0 Å². The maximum absolute atomic E-state index is 6.23. The van der Waals surface area contributed by atoms with Crippen molar-refractivity contribution < 1.29 is 9.26 Å². The Morgan fingerprint density at radius 3 is 2.71 bits per heavy atom. The molecule has 1 aromatic carbocycles. The molecule has 0 amide bonds. The second-order valence-electron chi connectivity index (χ2n) is 5.85. The molecule has 0 atom stereocenters. The predicted molar refractivity (Wildman–Crippen MR) is 81.4 cm³/mol. The van der Waals surface area contributed by atoms with E-state index in [9.17, 15) is 0 Å². The molecule has 0 spiro atoms. The van der Waals surface area contributed by atoms with Crippen LogP contribution in [0.2, 0.25) is 5.02 Å². The normalized spacial score (nSPS) is 11.7. The number of aryl methyl sites for hydroxylation is 1. The number of nitrogens with one attached hydrogen (secondary N) is 1. The highest BCUT2D eigenvalue weighted by molar-refractivity contribution is 6.32. The summed E-state index contributed by atoms with van der Waals surface area (Å²) in [4.78, 5) is 4.11. The van der Waals surface area contributed by atoms with Gasteiger partial charge in [-0.3, -0.25) is 0 Å². The van der Waals surface area contributed by atoms with Crippen molar-refractivity contribution in [3.05, 3.63) is 40.5 Å². The van der Waals surface area contributed by atoms with Crippen LogP contribution in [-0.2, 0) is 13.2 Å². The number of para-hydroxylation sites is 1. The molecular weight excluding hydrogens is 290 g/mol.